The van der Waals surface area contributed by atoms with Gasteiger partial charge in [-0.25, -0.2) is 0 Å². The van der Waals surface area contributed by atoms with Gasteiger partial charge in [0.25, 0.3) is 0 Å². The van der Waals surface area contributed by atoms with Gasteiger partial charge in [0.15, 0.2) is 0 Å². The van der Waals surface area contributed by atoms with E-state index in [4.69, 9.17) is 5.11 Å². The minimum absolute atomic E-state index is 0.289. The molecule has 1 atom stereocenters. The molecule has 2 radical (unpaired) electrons. The normalized spacial score (nSPS) is 13.9. The summed E-state index contributed by atoms with van der Waals surface area (Å²) in [5.41, 5.74) is 0. The summed E-state index contributed by atoms with van der Waals surface area (Å²) >= 11 is 4.16. The SMILES string of the molecule is [CH2]CCC(S)C[CH]O. The molecule has 48 valence electrons. The molecule has 0 heterocycles. The lowest BCUT2D eigenvalue weighted by atomic mass is 10.2. The molecule has 0 aromatic rings. The van der Waals surface area contributed by atoms with Crippen LogP contribution in [0.15, 0.2) is 0 Å². The van der Waals surface area contributed by atoms with Crippen molar-refractivity contribution in [1.29, 1.82) is 0 Å². The van der Waals surface area contributed by atoms with Crippen LogP contribution in [0.5, 0.6) is 0 Å². The smallest absolute Gasteiger partial charge is 0.0810 e. The third-order valence-corrected chi connectivity index (χ3v) is 1.38. The van der Waals surface area contributed by atoms with Crippen molar-refractivity contribution in [2.24, 2.45) is 0 Å². The highest BCUT2D eigenvalue weighted by Crippen LogP contribution is 2.08. The van der Waals surface area contributed by atoms with E-state index in [-0.39, 0.29) is 5.25 Å². The van der Waals surface area contributed by atoms with Gasteiger partial charge in [0.2, 0.25) is 0 Å². The molecule has 0 aromatic heterocycles. The fourth-order valence-electron chi connectivity index (χ4n) is 0.475. The minimum Gasteiger partial charge on any atom is -0.390 e. The topological polar surface area (TPSA) is 20.2 Å². The third kappa shape index (κ3) is 4.47. The average molecular weight is 132 g/mol. The van der Waals surface area contributed by atoms with Crippen LogP contribution in [0.4, 0.5) is 0 Å². The summed E-state index contributed by atoms with van der Waals surface area (Å²) in [7, 11) is 0. The molecule has 0 amide bonds. The van der Waals surface area contributed by atoms with Crippen molar-refractivity contribution in [2.45, 2.75) is 24.5 Å². The van der Waals surface area contributed by atoms with Gasteiger partial charge in [0.1, 0.15) is 0 Å². The highest BCUT2D eigenvalue weighted by molar-refractivity contribution is 7.80. The molecule has 0 saturated heterocycles. The first-order chi connectivity index (χ1) is 3.81. The van der Waals surface area contributed by atoms with E-state index in [1.807, 2.05) is 0 Å². The van der Waals surface area contributed by atoms with Crippen molar-refractivity contribution in [2.75, 3.05) is 0 Å². The Hall–Kier alpha value is 0.310. The van der Waals surface area contributed by atoms with Crippen molar-refractivity contribution in [3.05, 3.63) is 13.5 Å². The molecule has 0 saturated carbocycles. The molecule has 0 aliphatic rings. The molecule has 1 unspecified atom stereocenters. The summed E-state index contributed by atoms with van der Waals surface area (Å²) in [5, 5.41) is 8.56. The number of aliphatic hydroxyl groups excluding tert-OH is 1. The molecule has 0 aromatic carbocycles. The Morgan fingerprint density at radius 1 is 1.75 bits per heavy atom. The number of hydrogen-bond donors (Lipinski definition) is 2. The van der Waals surface area contributed by atoms with Crippen LogP contribution in [-0.4, -0.2) is 10.4 Å². The van der Waals surface area contributed by atoms with Crippen molar-refractivity contribution < 1.29 is 5.11 Å². The maximum absolute atomic E-state index is 8.27. The van der Waals surface area contributed by atoms with Crippen LogP contribution in [0.1, 0.15) is 19.3 Å². The number of thiol groups is 1. The predicted octanol–water partition coefficient (Wildman–Crippen LogP) is 1.82. The molecular formula is C6H12OS. The molecule has 2 heteroatoms. The maximum atomic E-state index is 8.27. The van der Waals surface area contributed by atoms with E-state index in [0.29, 0.717) is 6.42 Å². The minimum atomic E-state index is 0.289. The van der Waals surface area contributed by atoms with Crippen LogP contribution in [0.3, 0.4) is 0 Å². The van der Waals surface area contributed by atoms with E-state index in [2.05, 4.69) is 19.6 Å². The Morgan fingerprint density at radius 2 is 2.38 bits per heavy atom. The van der Waals surface area contributed by atoms with Gasteiger partial charge in [-0.15, -0.1) is 0 Å². The lowest BCUT2D eigenvalue weighted by molar-refractivity contribution is 0.371. The van der Waals surface area contributed by atoms with Crippen molar-refractivity contribution in [3.8, 4) is 0 Å². The van der Waals surface area contributed by atoms with Gasteiger partial charge in [-0.2, -0.15) is 12.6 Å². The largest absolute Gasteiger partial charge is 0.390 e. The molecular weight excluding hydrogens is 120 g/mol. The van der Waals surface area contributed by atoms with E-state index in [9.17, 15) is 0 Å². The zero-order valence-corrected chi connectivity index (χ0v) is 5.77. The molecule has 1 nitrogen and oxygen atoms in total. The van der Waals surface area contributed by atoms with Gasteiger partial charge >= 0.3 is 0 Å². The van der Waals surface area contributed by atoms with Crippen LogP contribution < -0.4 is 0 Å². The Kier molecular flexibility index (Phi) is 5.66. The van der Waals surface area contributed by atoms with Gasteiger partial charge in [-0.1, -0.05) is 13.3 Å². The monoisotopic (exact) mass is 132 g/mol. The standard InChI is InChI=1S/C6H12OS/c1-2-3-6(8)4-5-7/h5-8H,1-4H2. The van der Waals surface area contributed by atoms with Crippen molar-refractivity contribution in [3.63, 3.8) is 0 Å². The van der Waals surface area contributed by atoms with E-state index < -0.39 is 0 Å². The number of rotatable bonds is 4. The first-order valence-corrected chi connectivity index (χ1v) is 3.26. The molecule has 0 bridgehead atoms. The third-order valence-electron chi connectivity index (χ3n) is 0.915. The maximum Gasteiger partial charge on any atom is 0.0810 e. The summed E-state index contributed by atoms with van der Waals surface area (Å²) in [6.45, 7) is 4.81. The Labute approximate surface area is 56.5 Å². The fraction of sp³-hybridized carbons (Fsp3) is 0.667. The highest BCUT2D eigenvalue weighted by atomic mass is 32.1. The lowest BCUT2D eigenvalue weighted by Crippen LogP contribution is -1.96. The first-order valence-electron chi connectivity index (χ1n) is 2.74. The van der Waals surface area contributed by atoms with Crippen LogP contribution >= 0.6 is 12.6 Å². The highest BCUT2D eigenvalue weighted by Gasteiger charge is 1.98. The summed E-state index contributed by atoms with van der Waals surface area (Å²) in [5.74, 6) is 0. The van der Waals surface area contributed by atoms with E-state index >= 15 is 0 Å². The van der Waals surface area contributed by atoms with Gasteiger partial charge in [-0.3, -0.25) is 0 Å². The van der Waals surface area contributed by atoms with Crippen LogP contribution in [-0.2, 0) is 0 Å². The molecule has 0 aliphatic heterocycles. The van der Waals surface area contributed by atoms with Crippen molar-refractivity contribution >= 4 is 12.6 Å². The Balaban J connectivity index is 2.92. The van der Waals surface area contributed by atoms with Gasteiger partial charge < -0.3 is 5.11 Å². The van der Waals surface area contributed by atoms with E-state index in [1.54, 1.807) is 0 Å². The molecule has 8 heavy (non-hydrogen) atoms. The lowest BCUT2D eigenvalue weighted by Gasteiger charge is -2.03. The summed E-state index contributed by atoms with van der Waals surface area (Å²) in [6, 6.07) is 0. The fourth-order valence-corrected chi connectivity index (χ4v) is 0.752. The zero-order chi connectivity index (χ0) is 6.41. The van der Waals surface area contributed by atoms with E-state index in [0.717, 1.165) is 19.4 Å². The second-order valence-electron chi connectivity index (χ2n) is 1.71. The van der Waals surface area contributed by atoms with E-state index in [1.165, 1.54) is 0 Å². The quantitative estimate of drug-likeness (QED) is 0.559. The number of aliphatic hydroxyl groups is 1. The molecule has 0 rings (SSSR count). The van der Waals surface area contributed by atoms with Crippen molar-refractivity contribution in [1.82, 2.24) is 0 Å². The second kappa shape index (κ2) is 5.45. The molecule has 0 spiro atoms. The average Bonchev–Trinajstić information content (AvgIpc) is 1.68. The molecule has 0 fully saturated rings. The Bertz CT molecular complexity index is 41.8. The Morgan fingerprint density at radius 3 is 2.75 bits per heavy atom. The van der Waals surface area contributed by atoms with Gasteiger partial charge in [0, 0.05) is 5.25 Å². The van der Waals surface area contributed by atoms with Crippen LogP contribution in [0.25, 0.3) is 0 Å². The second-order valence-corrected chi connectivity index (χ2v) is 2.44. The first kappa shape index (κ1) is 8.31. The molecule has 0 aliphatic carbocycles. The number of hydrogen-bond acceptors (Lipinski definition) is 2. The molecule has 1 N–H and O–H groups in total. The summed E-state index contributed by atoms with van der Waals surface area (Å²) in [6.07, 6.45) is 2.53. The van der Waals surface area contributed by atoms with Gasteiger partial charge in [0.05, 0.1) is 6.61 Å². The van der Waals surface area contributed by atoms with Gasteiger partial charge in [-0.05, 0) is 12.8 Å². The summed E-state index contributed by atoms with van der Waals surface area (Å²) in [4.78, 5) is 0. The zero-order valence-electron chi connectivity index (χ0n) is 4.88. The van der Waals surface area contributed by atoms with Crippen LogP contribution in [0.2, 0.25) is 0 Å². The summed E-state index contributed by atoms with van der Waals surface area (Å²) < 4.78 is 0. The predicted molar refractivity (Wildman–Crippen MR) is 38.2 cm³/mol. The van der Waals surface area contributed by atoms with Crippen LogP contribution in [0, 0.1) is 13.5 Å².